The van der Waals surface area contributed by atoms with Crippen molar-refractivity contribution < 1.29 is 9.90 Å². The van der Waals surface area contributed by atoms with E-state index in [1.165, 1.54) is 12.0 Å². The third kappa shape index (κ3) is 3.11. The predicted molar refractivity (Wildman–Crippen MR) is 83.2 cm³/mol. The van der Waals surface area contributed by atoms with Crippen LogP contribution >= 0.6 is 0 Å². The van der Waals surface area contributed by atoms with Gasteiger partial charge in [-0.2, -0.15) is 0 Å². The summed E-state index contributed by atoms with van der Waals surface area (Å²) in [4.78, 5) is 12.5. The lowest BCUT2D eigenvalue weighted by atomic mass is 9.81. The highest BCUT2D eigenvalue weighted by atomic mass is 16.3. The van der Waals surface area contributed by atoms with Crippen LogP contribution in [0.4, 0.5) is 5.69 Å². The fourth-order valence-corrected chi connectivity index (χ4v) is 3.59. The van der Waals surface area contributed by atoms with Gasteiger partial charge in [0.2, 0.25) is 5.91 Å². The van der Waals surface area contributed by atoms with Crippen LogP contribution < -0.4 is 10.6 Å². The second-order valence-electron chi connectivity index (χ2n) is 6.38. The van der Waals surface area contributed by atoms with Crippen molar-refractivity contribution in [3.63, 3.8) is 0 Å². The molecule has 114 valence electrons. The minimum atomic E-state index is -0.267. The first-order valence-electron chi connectivity index (χ1n) is 8.00. The third-order valence-corrected chi connectivity index (χ3v) is 4.89. The van der Waals surface area contributed by atoms with Crippen LogP contribution in [0.3, 0.4) is 0 Å². The van der Waals surface area contributed by atoms with Crippen molar-refractivity contribution in [1.82, 2.24) is 5.32 Å². The number of fused-ring (bicyclic) bond motifs is 1. The van der Waals surface area contributed by atoms with Crippen molar-refractivity contribution in [2.45, 2.75) is 56.5 Å². The summed E-state index contributed by atoms with van der Waals surface area (Å²) in [5.41, 5.74) is 1.85. The SMILES string of the molecule is O=C1Nc2ccccc2CCC1NC1(CO)CCCCC1. The summed E-state index contributed by atoms with van der Waals surface area (Å²) in [5.74, 6) is 0.0262. The molecular weight excluding hydrogens is 264 g/mol. The molecule has 1 unspecified atom stereocenters. The maximum atomic E-state index is 12.5. The number of para-hydroxylation sites is 1. The van der Waals surface area contributed by atoms with Crippen LogP contribution in [0.1, 0.15) is 44.1 Å². The lowest BCUT2D eigenvalue weighted by molar-refractivity contribution is -0.119. The quantitative estimate of drug-likeness (QED) is 0.799. The Hall–Kier alpha value is -1.39. The van der Waals surface area contributed by atoms with Crippen LogP contribution in [0.15, 0.2) is 24.3 Å². The molecule has 1 aliphatic heterocycles. The van der Waals surface area contributed by atoms with E-state index in [4.69, 9.17) is 0 Å². The average Bonchev–Trinajstić information content (AvgIpc) is 2.68. The average molecular weight is 288 g/mol. The molecule has 0 saturated heterocycles. The Balaban J connectivity index is 1.73. The van der Waals surface area contributed by atoms with Gasteiger partial charge in [-0.25, -0.2) is 0 Å². The second-order valence-corrected chi connectivity index (χ2v) is 6.38. The molecule has 0 aromatic heterocycles. The minimum absolute atomic E-state index is 0.0262. The predicted octanol–water partition coefficient (Wildman–Crippen LogP) is 2.22. The number of hydrogen-bond acceptors (Lipinski definition) is 3. The van der Waals surface area contributed by atoms with E-state index in [0.29, 0.717) is 0 Å². The fraction of sp³-hybridized carbons (Fsp3) is 0.588. The molecule has 1 saturated carbocycles. The van der Waals surface area contributed by atoms with Crippen LogP contribution in [-0.4, -0.2) is 29.2 Å². The van der Waals surface area contributed by atoms with Crippen LogP contribution in [0.25, 0.3) is 0 Å². The molecule has 1 aliphatic carbocycles. The van der Waals surface area contributed by atoms with Gasteiger partial charge in [-0.15, -0.1) is 0 Å². The van der Waals surface area contributed by atoms with Gasteiger partial charge < -0.3 is 10.4 Å². The normalized spacial score (nSPS) is 24.8. The largest absolute Gasteiger partial charge is 0.394 e. The highest BCUT2D eigenvalue weighted by Gasteiger charge is 2.36. The van der Waals surface area contributed by atoms with E-state index in [1.807, 2.05) is 18.2 Å². The van der Waals surface area contributed by atoms with E-state index in [-0.39, 0.29) is 24.1 Å². The van der Waals surface area contributed by atoms with Crippen molar-refractivity contribution in [3.05, 3.63) is 29.8 Å². The van der Waals surface area contributed by atoms with Crippen molar-refractivity contribution in [2.24, 2.45) is 0 Å². The summed E-state index contributed by atoms with van der Waals surface area (Å²) in [6.07, 6.45) is 7.06. The molecule has 2 aliphatic rings. The van der Waals surface area contributed by atoms with Crippen LogP contribution in [0.5, 0.6) is 0 Å². The Morgan fingerprint density at radius 1 is 1.24 bits per heavy atom. The lowest BCUT2D eigenvalue weighted by Crippen LogP contribution is -2.57. The van der Waals surface area contributed by atoms with Gasteiger partial charge in [0.25, 0.3) is 0 Å². The van der Waals surface area contributed by atoms with Gasteiger partial charge in [0.15, 0.2) is 0 Å². The number of hydrogen-bond donors (Lipinski definition) is 3. The summed E-state index contributed by atoms with van der Waals surface area (Å²) in [6, 6.07) is 7.76. The van der Waals surface area contributed by atoms with Gasteiger partial charge in [-0.1, -0.05) is 37.5 Å². The number of carbonyl (C=O) groups is 1. The molecule has 4 nitrogen and oxygen atoms in total. The number of aliphatic hydroxyl groups is 1. The number of aryl methyl sites for hydroxylation is 1. The first-order valence-corrected chi connectivity index (χ1v) is 8.00. The van der Waals surface area contributed by atoms with Gasteiger partial charge in [0.1, 0.15) is 0 Å². The van der Waals surface area contributed by atoms with Crippen LogP contribution in [0.2, 0.25) is 0 Å². The van der Waals surface area contributed by atoms with Gasteiger partial charge in [-0.05, 0) is 37.3 Å². The number of anilines is 1. The Labute approximate surface area is 125 Å². The number of benzene rings is 1. The smallest absolute Gasteiger partial charge is 0.241 e. The van der Waals surface area contributed by atoms with Gasteiger partial charge in [0, 0.05) is 11.2 Å². The first-order chi connectivity index (χ1) is 10.2. The molecule has 3 rings (SSSR count). The third-order valence-electron chi connectivity index (χ3n) is 4.89. The van der Waals surface area contributed by atoms with E-state index in [2.05, 4.69) is 16.7 Å². The molecule has 1 amide bonds. The van der Waals surface area contributed by atoms with E-state index in [1.54, 1.807) is 0 Å². The summed E-state index contributed by atoms with van der Waals surface area (Å²) < 4.78 is 0. The minimum Gasteiger partial charge on any atom is -0.394 e. The topological polar surface area (TPSA) is 61.4 Å². The number of carbonyl (C=O) groups excluding carboxylic acids is 1. The zero-order valence-corrected chi connectivity index (χ0v) is 12.4. The maximum absolute atomic E-state index is 12.5. The lowest BCUT2D eigenvalue weighted by Gasteiger charge is -2.39. The summed E-state index contributed by atoms with van der Waals surface area (Å²) in [5, 5.41) is 16.3. The van der Waals surface area contributed by atoms with E-state index < -0.39 is 0 Å². The molecule has 0 spiro atoms. The molecule has 21 heavy (non-hydrogen) atoms. The van der Waals surface area contributed by atoms with Crippen LogP contribution in [-0.2, 0) is 11.2 Å². The summed E-state index contributed by atoms with van der Waals surface area (Å²) in [7, 11) is 0. The van der Waals surface area contributed by atoms with Crippen molar-refractivity contribution in [1.29, 1.82) is 0 Å². The summed E-state index contributed by atoms with van der Waals surface area (Å²) in [6.45, 7) is 0.115. The Morgan fingerprint density at radius 2 is 2.00 bits per heavy atom. The molecule has 1 aromatic rings. The van der Waals surface area contributed by atoms with Crippen molar-refractivity contribution in [3.8, 4) is 0 Å². The van der Waals surface area contributed by atoms with Crippen LogP contribution in [0, 0.1) is 0 Å². The molecular formula is C17H24N2O2. The molecule has 1 aromatic carbocycles. The van der Waals surface area contributed by atoms with Crippen molar-refractivity contribution >= 4 is 11.6 Å². The van der Waals surface area contributed by atoms with E-state index >= 15 is 0 Å². The molecule has 1 atom stereocenters. The molecule has 4 heteroatoms. The van der Waals surface area contributed by atoms with Gasteiger partial charge in [0.05, 0.1) is 12.6 Å². The molecule has 3 N–H and O–H groups in total. The van der Waals surface area contributed by atoms with Gasteiger partial charge >= 0.3 is 0 Å². The fourth-order valence-electron chi connectivity index (χ4n) is 3.59. The molecule has 0 radical (unpaired) electrons. The van der Waals surface area contributed by atoms with Gasteiger partial charge in [-0.3, -0.25) is 10.1 Å². The Bertz CT molecular complexity index is 509. The maximum Gasteiger partial charge on any atom is 0.241 e. The van der Waals surface area contributed by atoms with E-state index in [0.717, 1.165) is 44.2 Å². The van der Waals surface area contributed by atoms with Crippen molar-refractivity contribution in [2.75, 3.05) is 11.9 Å². The number of amides is 1. The zero-order valence-electron chi connectivity index (χ0n) is 12.4. The Kier molecular flexibility index (Phi) is 4.27. The molecule has 1 fully saturated rings. The summed E-state index contributed by atoms with van der Waals surface area (Å²) >= 11 is 0. The number of rotatable bonds is 3. The first kappa shape index (κ1) is 14.5. The highest BCUT2D eigenvalue weighted by molar-refractivity contribution is 5.96. The standard InChI is InChI=1S/C17H24N2O2/c20-12-17(10-4-1-5-11-17)19-15-9-8-13-6-2-3-7-14(13)18-16(15)21/h2-3,6-7,15,19-20H,1,4-5,8-12H2,(H,18,21). The van der Waals surface area contributed by atoms with E-state index in [9.17, 15) is 9.90 Å². The highest BCUT2D eigenvalue weighted by Crippen LogP contribution is 2.30. The zero-order chi connectivity index (χ0) is 14.7. The Morgan fingerprint density at radius 3 is 2.76 bits per heavy atom. The monoisotopic (exact) mass is 288 g/mol. The number of nitrogens with one attached hydrogen (secondary N) is 2. The second kappa shape index (κ2) is 6.16. The number of aliphatic hydroxyl groups excluding tert-OH is 1. The molecule has 1 heterocycles. The molecule has 0 bridgehead atoms.